The van der Waals surface area contributed by atoms with E-state index in [1.165, 1.54) is 30.6 Å². The van der Waals surface area contributed by atoms with Crippen LogP contribution in [0.4, 0.5) is 5.69 Å². The van der Waals surface area contributed by atoms with E-state index >= 15 is 0 Å². The van der Waals surface area contributed by atoms with Crippen LogP contribution in [0.3, 0.4) is 0 Å². The van der Waals surface area contributed by atoms with E-state index in [0.717, 1.165) is 41.6 Å². The van der Waals surface area contributed by atoms with Gasteiger partial charge in [-0.2, -0.15) is 0 Å². The SMILES string of the molecule is CCCc1ccc2c(N)c(C(=O)N(C)C3CCCCC3)sc2n1. The van der Waals surface area contributed by atoms with E-state index in [9.17, 15) is 4.79 Å². The lowest BCUT2D eigenvalue weighted by Crippen LogP contribution is -2.38. The molecular formula is C18H25N3OS. The van der Waals surface area contributed by atoms with Gasteiger partial charge in [0.25, 0.3) is 5.91 Å². The molecule has 4 nitrogen and oxygen atoms in total. The van der Waals surface area contributed by atoms with Gasteiger partial charge in [0, 0.05) is 24.2 Å². The Hall–Kier alpha value is -1.62. The Kier molecular flexibility index (Phi) is 4.85. The van der Waals surface area contributed by atoms with E-state index in [0.29, 0.717) is 16.6 Å². The molecule has 1 fully saturated rings. The molecule has 0 spiro atoms. The molecule has 2 heterocycles. The first-order valence-electron chi connectivity index (χ1n) is 8.57. The maximum atomic E-state index is 12.9. The van der Waals surface area contributed by atoms with Crippen LogP contribution in [-0.2, 0) is 6.42 Å². The summed E-state index contributed by atoms with van der Waals surface area (Å²) in [7, 11) is 1.91. The standard InChI is InChI=1S/C18H25N3OS/c1-3-7-12-10-11-14-15(19)16(23-17(14)20-12)18(22)21(2)13-8-5-4-6-9-13/h10-11,13H,3-9,19H2,1-2H3. The molecule has 1 amide bonds. The summed E-state index contributed by atoms with van der Waals surface area (Å²) in [6.45, 7) is 2.14. The third-order valence-electron chi connectivity index (χ3n) is 4.79. The maximum absolute atomic E-state index is 12.9. The highest BCUT2D eigenvalue weighted by Gasteiger charge is 2.26. The second-order valence-corrected chi connectivity index (χ2v) is 7.46. The zero-order valence-electron chi connectivity index (χ0n) is 14.0. The molecule has 5 heteroatoms. The summed E-state index contributed by atoms with van der Waals surface area (Å²) >= 11 is 1.44. The van der Waals surface area contributed by atoms with Crippen molar-refractivity contribution in [1.29, 1.82) is 0 Å². The van der Waals surface area contributed by atoms with E-state index in [-0.39, 0.29) is 5.91 Å². The summed E-state index contributed by atoms with van der Waals surface area (Å²) in [6.07, 6.45) is 7.94. The third kappa shape index (κ3) is 3.20. The molecule has 1 aliphatic rings. The lowest BCUT2D eigenvalue weighted by Gasteiger charge is -2.31. The number of pyridine rings is 1. The lowest BCUT2D eigenvalue weighted by molar-refractivity contribution is 0.0702. The van der Waals surface area contributed by atoms with Crippen molar-refractivity contribution in [3.63, 3.8) is 0 Å². The van der Waals surface area contributed by atoms with Crippen molar-refractivity contribution in [3.05, 3.63) is 22.7 Å². The first-order chi connectivity index (χ1) is 11.1. The number of hydrogen-bond acceptors (Lipinski definition) is 4. The highest BCUT2D eigenvalue weighted by atomic mass is 32.1. The average molecular weight is 331 g/mol. The number of thiophene rings is 1. The average Bonchev–Trinajstić information content (AvgIpc) is 2.91. The number of nitrogens with two attached hydrogens (primary N) is 1. The molecule has 2 aromatic heterocycles. The van der Waals surface area contributed by atoms with E-state index in [1.54, 1.807) is 0 Å². The molecule has 0 radical (unpaired) electrons. The first kappa shape index (κ1) is 16.2. The molecule has 0 aromatic carbocycles. The van der Waals surface area contributed by atoms with E-state index in [2.05, 4.69) is 11.9 Å². The quantitative estimate of drug-likeness (QED) is 0.912. The second-order valence-electron chi connectivity index (χ2n) is 6.46. The zero-order valence-corrected chi connectivity index (χ0v) is 14.8. The molecule has 0 saturated heterocycles. The molecule has 1 aliphatic carbocycles. The molecule has 0 bridgehead atoms. The highest BCUT2D eigenvalue weighted by molar-refractivity contribution is 7.21. The summed E-state index contributed by atoms with van der Waals surface area (Å²) in [6, 6.07) is 4.38. The van der Waals surface area contributed by atoms with E-state index in [4.69, 9.17) is 5.73 Å². The Morgan fingerprint density at radius 3 is 2.78 bits per heavy atom. The van der Waals surface area contributed by atoms with Crippen LogP contribution in [0.25, 0.3) is 10.2 Å². The number of aryl methyl sites for hydroxylation is 1. The molecule has 2 N–H and O–H groups in total. The van der Waals surface area contributed by atoms with Gasteiger partial charge >= 0.3 is 0 Å². The molecule has 0 unspecified atom stereocenters. The summed E-state index contributed by atoms with van der Waals surface area (Å²) in [5, 5.41) is 0.912. The second kappa shape index (κ2) is 6.87. The van der Waals surface area contributed by atoms with Crippen molar-refractivity contribution >= 4 is 33.1 Å². The number of anilines is 1. The van der Waals surface area contributed by atoms with Gasteiger partial charge in [0.1, 0.15) is 9.71 Å². The Morgan fingerprint density at radius 1 is 1.35 bits per heavy atom. The van der Waals surface area contributed by atoms with Gasteiger partial charge in [-0.1, -0.05) is 32.6 Å². The Morgan fingerprint density at radius 2 is 2.09 bits per heavy atom. The van der Waals surface area contributed by atoms with Gasteiger partial charge in [0.15, 0.2) is 0 Å². The van der Waals surface area contributed by atoms with Crippen LogP contribution in [0.1, 0.15) is 60.8 Å². The minimum atomic E-state index is 0.0504. The van der Waals surface area contributed by atoms with Crippen LogP contribution in [0.15, 0.2) is 12.1 Å². The van der Waals surface area contributed by atoms with Crippen LogP contribution in [-0.4, -0.2) is 28.9 Å². The van der Waals surface area contributed by atoms with Crippen LogP contribution in [0, 0.1) is 0 Å². The zero-order chi connectivity index (χ0) is 16.4. The lowest BCUT2D eigenvalue weighted by atomic mass is 9.94. The van der Waals surface area contributed by atoms with Gasteiger partial charge < -0.3 is 10.6 Å². The number of amides is 1. The van der Waals surface area contributed by atoms with Gasteiger partial charge in [-0.3, -0.25) is 4.79 Å². The topological polar surface area (TPSA) is 59.2 Å². The predicted molar refractivity (Wildman–Crippen MR) is 97.0 cm³/mol. The summed E-state index contributed by atoms with van der Waals surface area (Å²) in [4.78, 5) is 21.0. The monoisotopic (exact) mass is 331 g/mol. The fraction of sp³-hybridized carbons (Fsp3) is 0.556. The highest BCUT2D eigenvalue weighted by Crippen LogP contribution is 2.34. The van der Waals surface area contributed by atoms with Crippen LogP contribution < -0.4 is 5.73 Å². The van der Waals surface area contributed by atoms with E-state index < -0.39 is 0 Å². The Balaban J connectivity index is 1.89. The summed E-state index contributed by atoms with van der Waals surface area (Å²) in [5.74, 6) is 0.0504. The molecular weight excluding hydrogens is 306 g/mol. The number of carbonyl (C=O) groups is 1. The number of nitrogen functional groups attached to an aromatic ring is 1. The fourth-order valence-corrected chi connectivity index (χ4v) is 4.48. The number of fused-ring (bicyclic) bond motifs is 1. The van der Waals surface area contributed by atoms with Crippen molar-refractivity contribution < 1.29 is 4.79 Å². The smallest absolute Gasteiger partial charge is 0.266 e. The third-order valence-corrected chi connectivity index (χ3v) is 5.90. The van der Waals surface area contributed by atoms with Gasteiger partial charge in [0.05, 0.1) is 5.69 Å². The van der Waals surface area contributed by atoms with Crippen molar-refractivity contribution in [3.8, 4) is 0 Å². The van der Waals surface area contributed by atoms with Crippen LogP contribution in [0.5, 0.6) is 0 Å². The number of carbonyl (C=O) groups excluding carboxylic acids is 1. The molecule has 2 aromatic rings. The fourth-order valence-electron chi connectivity index (χ4n) is 3.38. The number of aromatic nitrogens is 1. The minimum Gasteiger partial charge on any atom is -0.397 e. The largest absolute Gasteiger partial charge is 0.397 e. The van der Waals surface area contributed by atoms with Gasteiger partial charge in [0.2, 0.25) is 0 Å². The molecule has 124 valence electrons. The van der Waals surface area contributed by atoms with Crippen molar-refractivity contribution in [2.45, 2.75) is 57.9 Å². The molecule has 0 atom stereocenters. The number of nitrogens with zero attached hydrogens (tertiary/aromatic N) is 2. The van der Waals surface area contributed by atoms with E-state index in [1.807, 2.05) is 24.1 Å². The van der Waals surface area contributed by atoms with Gasteiger partial charge in [-0.25, -0.2) is 4.98 Å². The van der Waals surface area contributed by atoms with Gasteiger partial charge in [-0.15, -0.1) is 11.3 Å². The van der Waals surface area contributed by atoms with Crippen molar-refractivity contribution in [2.24, 2.45) is 0 Å². The van der Waals surface area contributed by atoms with Gasteiger partial charge in [-0.05, 0) is 31.4 Å². The summed E-state index contributed by atoms with van der Waals surface area (Å²) in [5.41, 5.74) is 7.92. The maximum Gasteiger partial charge on any atom is 0.266 e. The number of hydrogen-bond donors (Lipinski definition) is 1. The molecule has 1 saturated carbocycles. The predicted octanol–water partition coefficient (Wildman–Crippen LogP) is 4.24. The first-order valence-corrected chi connectivity index (χ1v) is 9.38. The molecule has 3 rings (SSSR count). The summed E-state index contributed by atoms with van der Waals surface area (Å²) < 4.78 is 0. The van der Waals surface area contributed by atoms with Crippen molar-refractivity contribution in [1.82, 2.24) is 9.88 Å². The van der Waals surface area contributed by atoms with Crippen LogP contribution >= 0.6 is 11.3 Å². The Labute approximate surface area is 141 Å². The number of rotatable bonds is 4. The van der Waals surface area contributed by atoms with Crippen LogP contribution in [0.2, 0.25) is 0 Å². The normalized spacial score (nSPS) is 15.9. The Bertz CT molecular complexity index is 704. The molecule has 0 aliphatic heterocycles. The molecule has 23 heavy (non-hydrogen) atoms. The minimum absolute atomic E-state index is 0.0504. The van der Waals surface area contributed by atoms with Crippen molar-refractivity contribution in [2.75, 3.05) is 12.8 Å².